The Morgan fingerprint density at radius 3 is 2.67 bits per heavy atom. The Kier molecular flexibility index (Phi) is 4.79. The Hall–Kier alpha value is -1.95. The van der Waals surface area contributed by atoms with E-state index >= 15 is 0 Å². The second-order valence-electron chi connectivity index (χ2n) is 4.08. The third kappa shape index (κ3) is 3.53. The van der Waals surface area contributed by atoms with Gasteiger partial charge in [-0.25, -0.2) is 0 Å². The minimum Gasteiger partial charge on any atom is -0.394 e. The van der Waals surface area contributed by atoms with E-state index < -0.39 is 10.8 Å². The molecule has 0 saturated heterocycles. The van der Waals surface area contributed by atoms with Crippen LogP contribution in [0.15, 0.2) is 18.2 Å². The number of non-ortho nitro benzene ring substituents is 1. The number of hydrogen-bond donors (Lipinski definition) is 2. The maximum atomic E-state index is 11.9. The molecule has 1 aromatic rings. The normalized spacial score (nSPS) is 11.9. The molecular formula is C12H16N2O4. The van der Waals surface area contributed by atoms with E-state index in [2.05, 4.69) is 5.32 Å². The smallest absolute Gasteiger partial charge is 0.270 e. The van der Waals surface area contributed by atoms with Crippen LogP contribution in [-0.2, 0) is 0 Å². The average Bonchev–Trinajstić information content (AvgIpc) is 2.34. The van der Waals surface area contributed by atoms with Gasteiger partial charge in [-0.15, -0.1) is 0 Å². The molecule has 0 aliphatic rings. The quantitative estimate of drug-likeness (QED) is 0.612. The summed E-state index contributed by atoms with van der Waals surface area (Å²) in [5.41, 5.74) is 0.761. The number of amides is 1. The number of nitrogens with zero attached hydrogens (tertiary/aromatic N) is 1. The van der Waals surface area contributed by atoms with E-state index in [4.69, 9.17) is 5.11 Å². The van der Waals surface area contributed by atoms with E-state index in [1.54, 1.807) is 13.0 Å². The summed E-state index contributed by atoms with van der Waals surface area (Å²) in [5, 5.41) is 22.3. The molecule has 0 spiro atoms. The number of aryl methyl sites for hydroxylation is 1. The summed E-state index contributed by atoms with van der Waals surface area (Å²) in [6.07, 6.45) is 0.593. The highest BCUT2D eigenvalue weighted by atomic mass is 16.6. The standard InChI is InChI=1S/C12H16N2O4/c1-3-10(7-15)13-12(16)9-4-8(2)5-11(6-9)14(17)18/h4-6,10,15H,3,7H2,1-2H3,(H,13,16)/t10-/m0/s1. The number of nitro benzene ring substituents is 1. The summed E-state index contributed by atoms with van der Waals surface area (Å²) < 4.78 is 0. The highest BCUT2D eigenvalue weighted by molar-refractivity contribution is 5.95. The molecule has 0 aliphatic heterocycles. The van der Waals surface area contributed by atoms with Crippen molar-refractivity contribution in [1.82, 2.24) is 5.32 Å². The van der Waals surface area contributed by atoms with Crippen molar-refractivity contribution in [3.63, 3.8) is 0 Å². The van der Waals surface area contributed by atoms with E-state index in [0.717, 1.165) is 0 Å². The molecule has 1 rings (SSSR count). The van der Waals surface area contributed by atoms with E-state index in [1.807, 2.05) is 6.92 Å². The van der Waals surface area contributed by atoms with Gasteiger partial charge in [0.2, 0.25) is 0 Å². The molecule has 1 aromatic carbocycles. The molecule has 0 fully saturated rings. The van der Waals surface area contributed by atoms with Gasteiger partial charge in [-0.2, -0.15) is 0 Å². The van der Waals surface area contributed by atoms with Crippen LogP contribution in [0.4, 0.5) is 5.69 Å². The van der Waals surface area contributed by atoms with Crippen LogP contribution in [0.25, 0.3) is 0 Å². The first kappa shape index (κ1) is 14.1. The summed E-state index contributed by atoms with van der Waals surface area (Å²) in [4.78, 5) is 22.0. The first-order chi connectivity index (χ1) is 8.47. The lowest BCUT2D eigenvalue weighted by Crippen LogP contribution is -2.36. The third-order valence-corrected chi connectivity index (χ3v) is 2.58. The van der Waals surface area contributed by atoms with Crippen molar-refractivity contribution in [1.29, 1.82) is 0 Å². The molecule has 0 bridgehead atoms. The number of rotatable bonds is 5. The van der Waals surface area contributed by atoms with E-state index in [9.17, 15) is 14.9 Å². The van der Waals surface area contributed by atoms with Crippen molar-refractivity contribution in [2.24, 2.45) is 0 Å². The zero-order chi connectivity index (χ0) is 13.7. The summed E-state index contributed by atoms with van der Waals surface area (Å²) >= 11 is 0. The number of aliphatic hydroxyl groups excluding tert-OH is 1. The van der Waals surface area contributed by atoms with Gasteiger partial charge in [-0.05, 0) is 25.0 Å². The first-order valence-electron chi connectivity index (χ1n) is 5.65. The number of benzene rings is 1. The van der Waals surface area contributed by atoms with Crippen LogP contribution in [0.3, 0.4) is 0 Å². The highest BCUT2D eigenvalue weighted by Gasteiger charge is 2.15. The zero-order valence-corrected chi connectivity index (χ0v) is 10.3. The Morgan fingerprint density at radius 2 is 2.17 bits per heavy atom. The second kappa shape index (κ2) is 6.11. The lowest BCUT2D eigenvalue weighted by molar-refractivity contribution is -0.384. The molecule has 0 heterocycles. The Bertz CT molecular complexity index is 455. The minimum atomic E-state index is -0.535. The van der Waals surface area contributed by atoms with Crippen molar-refractivity contribution in [2.45, 2.75) is 26.3 Å². The molecule has 1 amide bonds. The van der Waals surface area contributed by atoms with Crippen molar-refractivity contribution >= 4 is 11.6 Å². The fourth-order valence-electron chi connectivity index (χ4n) is 1.54. The molecule has 0 aromatic heterocycles. The summed E-state index contributed by atoms with van der Waals surface area (Å²) in [7, 11) is 0. The van der Waals surface area contributed by atoms with E-state index in [-0.39, 0.29) is 23.9 Å². The van der Waals surface area contributed by atoms with Gasteiger partial charge in [0.05, 0.1) is 17.6 Å². The van der Waals surface area contributed by atoms with Crippen LogP contribution in [-0.4, -0.2) is 28.6 Å². The van der Waals surface area contributed by atoms with Gasteiger partial charge in [0.1, 0.15) is 0 Å². The minimum absolute atomic E-state index is 0.114. The summed E-state index contributed by atoms with van der Waals surface area (Å²) in [5.74, 6) is -0.414. The maximum Gasteiger partial charge on any atom is 0.270 e. The highest BCUT2D eigenvalue weighted by Crippen LogP contribution is 2.16. The SMILES string of the molecule is CC[C@@H](CO)NC(=O)c1cc(C)cc([N+](=O)[O-])c1. The fraction of sp³-hybridized carbons (Fsp3) is 0.417. The fourth-order valence-corrected chi connectivity index (χ4v) is 1.54. The summed E-state index contributed by atoms with van der Waals surface area (Å²) in [6.45, 7) is 3.36. The van der Waals surface area contributed by atoms with Gasteiger partial charge in [0.15, 0.2) is 0 Å². The molecule has 0 radical (unpaired) electrons. The van der Waals surface area contributed by atoms with Crippen molar-refractivity contribution < 1.29 is 14.8 Å². The Morgan fingerprint density at radius 1 is 1.50 bits per heavy atom. The molecule has 0 unspecified atom stereocenters. The number of aliphatic hydroxyl groups is 1. The molecule has 0 saturated carbocycles. The van der Waals surface area contributed by atoms with Crippen LogP contribution in [0.1, 0.15) is 29.3 Å². The molecule has 6 heteroatoms. The van der Waals surface area contributed by atoms with E-state index in [0.29, 0.717) is 12.0 Å². The molecule has 98 valence electrons. The van der Waals surface area contributed by atoms with Gasteiger partial charge in [-0.1, -0.05) is 6.92 Å². The Balaban J connectivity index is 2.95. The number of nitro groups is 1. The lowest BCUT2D eigenvalue weighted by atomic mass is 10.1. The van der Waals surface area contributed by atoms with Gasteiger partial charge < -0.3 is 10.4 Å². The number of carbonyl (C=O) groups is 1. The Labute approximate surface area is 105 Å². The molecule has 1 atom stereocenters. The molecule has 2 N–H and O–H groups in total. The van der Waals surface area contributed by atoms with Gasteiger partial charge in [0, 0.05) is 17.7 Å². The van der Waals surface area contributed by atoms with Crippen molar-refractivity contribution in [2.75, 3.05) is 6.61 Å². The molecule has 18 heavy (non-hydrogen) atoms. The molecule has 0 aliphatic carbocycles. The molecular weight excluding hydrogens is 236 g/mol. The number of nitrogens with one attached hydrogen (secondary N) is 1. The molecule has 6 nitrogen and oxygen atoms in total. The van der Waals surface area contributed by atoms with Crippen molar-refractivity contribution in [3.05, 3.63) is 39.4 Å². The lowest BCUT2D eigenvalue weighted by Gasteiger charge is -2.14. The predicted molar refractivity (Wildman–Crippen MR) is 66.5 cm³/mol. The van der Waals surface area contributed by atoms with Crippen LogP contribution < -0.4 is 5.32 Å². The number of hydrogen-bond acceptors (Lipinski definition) is 4. The summed E-state index contributed by atoms with van der Waals surface area (Å²) in [6, 6.07) is 3.87. The first-order valence-corrected chi connectivity index (χ1v) is 5.65. The zero-order valence-electron chi connectivity index (χ0n) is 10.3. The maximum absolute atomic E-state index is 11.9. The average molecular weight is 252 g/mol. The van der Waals surface area contributed by atoms with Gasteiger partial charge in [-0.3, -0.25) is 14.9 Å². The monoisotopic (exact) mass is 252 g/mol. The van der Waals surface area contributed by atoms with E-state index in [1.165, 1.54) is 12.1 Å². The third-order valence-electron chi connectivity index (χ3n) is 2.58. The topological polar surface area (TPSA) is 92.5 Å². The largest absolute Gasteiger partial charge is 0.394 e. The van der Waals surface area contributed by atoms with Gasteiger partial charge in [0.25, 0.3) is 11.6 Å². The van der Waals surface area contributed by atoms with Gasteiger partial charge >= 0.3 is 0 Å². The van der Waals surface area contributed by atoms with Crippen LogP contribution in [0, 0.1) is 17.0 Å². The van der Waals surface area contributed by atoms with Crippen LogP contribution >= 0.6 is 0 Å². The predicted octanol–water partition coefficient (Wildman–Crippen LogP) is 1.40. The van der Waals surface area contributed by atoms with Crippen LogP contribution in [0.2, 0.25) is 0 Å². The number of carbonyl (C=O) groups excluding carboxylic acids is 1. The van der Waals surface area contributed by atoms with Crippen molar-refractivity contribution in [3.8, 4) is 0 Å². The van der Waals surface area contributed by atoms with Crippen LogP contribution in [0.5, 0.6) is 0 Å². The second-order valence-corrected chi connectivity index (χ2v) is 4.08.